The van der Waals surface area contributed by atoms with Crippen LogP contribution in [-0.2, 0) is 4.79 Å². The van der Waals surface area contributed by atoms with Crippen LogP contribution < -0.4 is 10.2 Å². The predicted molar refractivity (Wildman–Crippen MR) is 106 cm³/mol. The lowest BCUT2D eigenvalue weighted by Crippen LogP contribution is -2.37. The van der Waals surface area contributed by atoms with Gasteiger partial charge < -0.3 is 15.3 Å². The lowest BCUT2D eigenvalue weighted by atomic mass is 9.96. The van der Waals surface area contributed by atoms with Crippen molar-refractivity contribution in [2.75, 3.05) is 42.9 Å². The predicted octanol–water partition coefficient (Wildman–Crippen LogP) is 2.60. The Morgan fingerprint density at radius 1 is 1.23 bits per heavy atom. The molecule has 1 unspecified atom stereocenters. The number of aliphatic hydroxyl groups excluding tert-OH is 1. The molecule has 1 aromatic rings. The van der Waals surface area contributed by atoms with Crippen LogP contribution in [0.5, 0.6) is 0 Å². The minimum absolute atomic E-state index is 0.0128. The van der Waals surface area contributed by atoms with E-state index in [1.54, 1.807) is 6.20 Å². The molecular formula is C20H34N4O2. The molecule has 146 valence electrons. The molecule has 2 N–H and O–H groups in total. The molecule has 0 saturated carbocycles. The number of carbonyl (C=O) groups excluding carboxylic acids is 1. The molecule has 6 heteroatoms. The van der Waals surface area contributed by atoms with Gasteiger partial charge in [-0.15, -0.1) is 0 Å². The average molecular weight is 363 g/mol. The molecule has 1 aromatic heterocycles. The summed E-state index contributed by atoms with van der Waals surface area (Å²) in [5.74, 6) is 1.21. The van der Waals surface area contributed by atoms with Crippen molar-refractivity contribution in [3.05, 3.63) is 18.3 Å². The summed E-state index contributed by atoms with van der Waals surface area (Å²) >= 11 is 0. The summed E-state index contributed by atoms with van der Waals surface area (Å²) in [5.41, 5.74) is 0.304. The molecule has 1 saturated heterocycles. The zero-order valence-corrected chi connectivity index (χ0v) is 16.8. The highest BCUT2D eigenvalue weighted by atomic mass is 16.3. The van der Waals surface area contributed by atoms with Gasteiger partial charge in [0, 0.05) is 31.6 Å². The van der Waals surface area contributed by atoms with Crippen LogP contribution >= 0.6 is 0 Å². The Balaban J connectivity index is 1.92. The van der Waals surface area contributed by atoms with Gasteiger partial charge >= 0.3 is 0 Å². The summed E-state index contributed by atoms with van der Waals surface area (Å²) in [5, 5.41) is 13.0. The van der Waals surface area contributed by atoms with Crippen molar-refractivity contribution in [2.24, 2.45) is 11.3 Å². The maximum atomic E-state index is 12.1. The lowest BCUT2D eigenvalue weighted by molar-refractivity contribution is -0.123. The maximum Gasteiger partial charge on any atom is 0.229 e. The number of aliphatic hydroxyl groups is 1. The molecule has 1 amide bonds. The maximum absolute atomic E-state index is 12.1. The molecule has 0 aliphatic carbocycles. The second-order valence-corrected chi connectivity index (χ2v) is 8.56. The van der Waals surface area contributed by atoms with E-state index in [9.17, 15) is 9.90 Å². The Morgan fingerprint density at radius 2 is 1.96 bits per heavy atom. The Kier molecular flexibility index (Phi) is 7.01. The number of carbonyl (C=O) groups is 1. The third kappa shape index (κ3) is 5.95. The van der Waals surface area contributed by atoms with Crippen LogP contribution in [0.3, 0.4) is 0 Å². The molecule has 1 aliphatic rings. The van der Waals surface area contributed by atoms with Gasteiger partial charge in [-0.2, -0.15) is 0 Å². The fraction of sp³-hybridized carbons (Fsp3) is 0.700. The lowest BCUT2D eigenvalue weighted by Gasteiger charge is -2.26. The molecule has 2 rings (SSSR count). The number of anilines is 2. The molecule has 0 bridgehead atoms. The van der Waals surface area contributed by atoms with Crippen molar-refractivity contribution in [1.82, 2.24) is 9.88 Å². The number of pyridine rings is 1. The minimum atomic E-state index is -0.423. The zero-order chi connectivity index (χ0) is 19.3. The van der Waals surface area contributed by atoms with Crippen LogP contribution in [0.1, 0.15) is 41.0 Å². The fourth-order valence-electron chi connectivity index (χ4n) is 2.82. The first-order valence-corrected chi connectivity index (χ1v) is 9.59. The quantitative estimate of drug-likeness (QED) is 0.843. The molecule has 0 radical (unpaired) electrons. The Labute approximate surface area is 157 Å². The molecule has 1 aliphatic heterocycles. The molecule has 1 fully saturated rings. The van der Waals surface area contributed by atoms with Gasteiger partial charge in [-0.25, -0.2) is 4.98 Å². The van der Waals surface area contributed by atoms with Gasteiger partial charge in [0.05, 0.1) is 18.0 Å². The summed E-state index contributed by atoms with van der Waals surface area (Å²) in [4.78, 5) is 21.2. The molecule has 2 heterocycles. The third-order valence-corrected chi connectivity index (χ3v) is 4.81. The van der Waals surface area contributed by atoms with Crippen LogP contribution in [0.15, 0.2) is 18.3 Å². The van der Waals surface area contributed by atoms with Crippen molar-refractivity contribution in [2.45, 2.75) is 47.1 Å². The number of aromatic nitrogens is 1. The van der Waals surface area contributed by atoms with E-state index in [0.717, 1.165) is 50.6 Å². The van der Waals surface area contributed by atoms with E-state index in [1.807, 2.05) is 32.9 Å². The van der Waals surface area contributed by atoms with Crippen LogP contribution in [0.4, 0.5) is 11.5 Å². The summed E-state index contributed by atoms with van der Waals surface area (Å²) in [7, 11) is 0. The van der Waals surface area contributed by atoms with Gasteiger partial charge in [0.2, 0.25) is 5.91 Å². The largest absolute Gasteiger partial charge is 0.392 e. The van der Waals surface area contributed by atoms with Crippen molar-refractivity contribution in [3.63, 3.8) is 0 Å². The zero-order valence-electron chi connectivity index (χ0n) is 16.8. The van der Waals surface area contributed by atoms with E-state index in [1.165, 1.54) is 0 Å². The highest BCUT2D eigenvalue weighted by Crippen LogP contribution is 2.20. The summed E-state index contributed by atoms with van der Waals surface area (Å²) in [6.45, 7) is 14.3. The standard InChI is InChI=1S/C20H34N4O2/c1-15(2)17(25)14-23-9-6-10-24(12-11-23)18-8-7-16(13-21-18)22-19(26)20(3,4)5/h7-8,13,15,17,25H,6,9-12,14H2,1-5H3,(H,22,26). The molecule has 0 aromatic carbocycles. The molecule has 26 heavy (non-hydrogen) atoms. The third-order valence-electron chi connectivity index (χ3n) is 4.81. The summed E-state index contributed by atoms with van der Waals surface area (Å²) in [6.07, 6.45) is 2.50. The topological polar surface area (TPSA) is 68.7 Å². The van der Waals surface area contributed by atoms with E-state index in [2.05, 4.69) is 33.9 Å². The smallest absolute Gasteiger partial charge is 0.229 e. The van der Waals surface area contributed by atoms with Gasteiger partial charge in [0.15, 0.2) is 0 Å². The number of nitrogens with zero attached hydrogens (tertiary/aromatic N) is 3. The number of hydrogen-bond acceptors (Lipinski definition) is 5. The number of amides is 1. The Morgan fingerprint density at radius 3 is 2.54 bits per heavy atom. The second kappa shape index (κ2) is 8.82. The number of nitrogens with one attached hydrogen (secondary N) is 1. The average Bonchev–Trinajstić information content (AvgIpc) is 2.80. The van der Waals surface area contributed by atoms with E-state index in [0.29, 0.717) is 0 Å². The van der Waals surface area contributed by atoms with Crippen LogP contribution in [0, 0.1) is 11.3 Å². The van der Waals surface area contributed by atoms with E-state index in [-0.39, 0.29) is 17.9 Å². The molecule has 1 atom stereocenters. The number of hydrogen-bond donors (Lipinski definition) is 2. The first-order valence-electron chi connectivity index (χ1n) is 9.59. The van der Waals surface area contributed by atoms with Crippen molar-refractivity contribution in [1.29, 1.82) is 0 Å². The van der Waals surface area contributed by atoms with E-state index in [4.69, 9.17) is 0 Å². The number of β-amino-alcohol motifs (C(OH)–C–C–N with tert-alkyl or cyclic N) is 1. The highest BCUT2D eigenvalue weighted by molar-refractivity contribution is 5.94. The Bertz CT molecular complexity index is 580. The summed E-state index contributed by atoms with van der Waals surface area (Å²) < 4.78 is 0. The molecule has 0 spiro atoms. The van der Waals surface area contributed by atoms with Gasteiger partial charge in [0.25, 0.3) is 0 Å². The van der Waals surface area contributed by atoms with Gasteiger partial charge in [-0.3, -0.25) is 9.69 Å². The van der Waals surface area contributed by atoms with Crippen molar-refractivity contribution in [3.8, 4) is 0 Å². The van der Waals surface area contributed by atoms with Crippen LogP contribution in [0.25, 0.3) is 0 Å². The first kappa shape index (κ1) is 20.6. The van der Waals surface area contributed by atoms with E-state index < -0.39 is 5.41 Å². The van der Waals surface area contributed by atoms with Crippen LogP contribution in [-0.4, -0.2) is 59.7 Å². The number of rotatable bonds is 5. The van der Waals surface area contributed by atoms with Crippen LogP contribution in [0.2, 0.25) is 0 Å². The monoisotopic (exact) mass is 362 g/mol. The van der Waals surface area contributed by atoms with Gasteiger partial charge in [0.1, 0.15) is 5.82 Å². The Hall–Kier alpha value is -1.66. The molecule has 6 nitrogen and oxygen atoms in total. The normalized spacial score (nSPS) is 17.9. The summed E-state index contributed by atoms with van der Waals surface area (Å²) in [6, 6.07) is 3.88. The first-order chi connectivity index (χ1) is 12.2. The van der Waals surface area contributed by atoms with Crippen molar-refractivity contribution < 1.29 is 9.90 Å². The minimum Gasteiger partial charge on any atom is -0.392 e. The highest BCUT2D eigenvalue weighted by Gasteiger charge is 2.22. The second-order valence-electron chi connectivity index (χ2n) is 8.56. The SMILES string of the molecule is CC(C)C(O)CN1CCCN(c2ccc(NC(=O)C(C)(C)C)cn2)CC1. The van der Waals surface area contributed by atoms with Crippen molar-refractivity contribution >= 4 is 17.4 Å². The van der Waals surface area contributed by atoms with E-state index >= 15 is 0 Å². The van der Waals surface area contributed by atoms with Gasteiger partial charge in [-0.05, 0) is 31.0 Å². The molecular weight excluding hydrogens is 328 g/mol. The fourth-order valence-corrected chi connectivity index (χ4v) is 2.82. The van der Waals surface area contributed by atoms with Gasteiger partial charge in [-0.1, -0.05) is 34.6 Å².